The van der Waals surface area contributed by atoms with E-state index in [-0.39, 0.29) is 6.10 Å². The standard InChI is InChI=1S/C12H25NO2/c1-3-4-12(14)9-13(2)7-8-15-10-11-5-6-11/h11-12,14H,3-10H2,1-2H3. The van der Waals surface area contributed by atoms with Crippen molar-refractivity contribution in [2.24, 2.45) is 5.92 Å². The van der Waals surface area contributed by atoms with Crippen LogP contribution in [0.5, 0.6) is 0 Å². The number of ether oxygens (including phenoxy) is 1. The second kappa shape index (κ2) is 7.20. The molecule has 1 aliphatic rings. The van der Waals surface area contributed by atoms with Gasteiger partial charge in [0.05, 0.1) is 12.7 Å². The van der Waals surface area contributed by atoms with Gasteiger partial charge in [-0.05, 0) is 32.2 Å². The average molecular weight is 215 g/mol. The summed E-state index contributed by atoms with van der Waals surface area (Å²) >= 11 is 0. The number of nitrogens with zero attached hydrogens (tertiary/aromatic N) is 1. The normalized spacial score (nSPS) is 18.4. The van der Waals surface area contributed by atoms with Gasteiger partial charge in [0.2, 0.25) is 0 Å². The van der Waals surface area contributed by atoms with Gasteiger partial charge in [-0.3, -0.25) is 0 Å². The van der Waals surface area contributed by atoms with Crippen LogP contribution in [-0.2, 0) is 4.74 Å². The summed E-state index contributed by atoms with van der Waals surface area (Å²) in [4.78, 5) is 2.15. The zero-order valence-corrected chi connectivity index (χ0v) is 10.1. The van der Waals surface area contributed by atoms with Crippen molar-refractivity contribution in [2.45, 2.75) is 38.7 Å². The predicted molar refractivity (Wildman–Crippen MR) is 62.0 cm³/mol. The molecule has 1 rings (SSSR count). The summed E-state index contributed by atoms with van der Waals surface area (Å²) in [5.74, 6) is 0.848. The van der Waals surface area contributed by atoms with E-state index >= 15 is 0 Å². The molecule has 0 aromatic heterocycles. The largest absolute Gasteiger partial charge is 0.392 e. The van der Waals surface area contributed by atoms with Crippen LogP contribution in [0.25, 0.3) is 0 Å². The lowest BCUT2D eigenvalue weighted by molar-refractivity contribution is 0.0765. The molecule has 0 aliphatic heterocycles. The van der Waals surface area contributed by atoms with Crippen molar-refractivity contribution in [3.8, 4) is 0 Å². The van der Waals surface area contributed by atoms with Crippen LogP contribution in [0.1, 0.15) is 32.6 Å². The molecule has 3 heteroatoms. The van der Waals surface area contributed by atoms with E-state index in [1.54, 1.807) is 0 Å². The van der Waals surface area contributed by atoms with Gasteiger partial charge in [0.25, 0.3) is 0 Å². The topological polar surface area (TPSA) is 32.7 Å². The van der Waals surface area contributed by atoms with E-state index in [1.807, 2.05) is 7.05 Å². The van der Waals surface area contributed by atoms with Crippen molar-refractivity contribution in [3.05, 3.63) is 0 Å². The third-order valence-corrected chi connectivity index (χ3v) is 2.81. The zero-order valence-electron chi connectivity index (χ0n) is 10.1. The lowest BCUT2D eigenvalue weighted by Gasteiger charge is -2.20. The smallest absolute Gasteiger partial charge is 0.0666 e. The Hall–Kier alpha value is -0.120. The van der Waals surface area contributed by atoms with Gasteiger partial charge in [0.15, 0.2) is 0 Å². The van der Waals surface area contributed by atoms with Crippen LogP contribution in [0.15, 0.2) is 0 Å². The number of hydrogen-bond donors (Lipinski definition) is 1. The molecule has 0 amide bonds. The molecule has 0 saturated heterocycles. The molecular formula is C12H25NO2. The average Bonchev–Trinajstić information content (AvgIpc) is 2.96. The first kappa shape index (κ1) is 12.9. The summed E-state index contributed by atoms with van der Waals surface area (Å²) in [6.07, 6.45) is 4.47. The number of rotatable bonds is 9. The Kier molecular flexibility index (Phi) is 6.22. The molecule has 1 N–H and O–H groups in total. The Morgan fingerprint density at radius 3 is 2.80 bits per heavy atom. The van der Waals surface area contributed by atoms with Crippen molar-refractivity contribution >= 4 is 0 Å². The van der Waals surface area contributed by atoms with Crippen molar-refractivity contribution in [2.75, 3.05) is 33.4 Å². The van der Waals surface area contributed by atoms with Crippen LogP contribution in [0.4, 0.5) is 0 Å². The molecule has 0 aromatic carbocycles. The van der Waals surface area contributed by atoms with Gasteiger partial charge in [0.1, 0.15) is 0 Å². The molecule has 1 fully saturated rings. The number of hydrogen-bond acceptors (Lipinski definition) is 3. The van der Waals surface area contributed by atoms with E-state index in [2.05, 4.69) is 11.8 Å². The van der Waals surface area contributed by atoms with Gasteiger partial charge in [-0.1, -0.05) is 13.3 Å². The molecule has 1 saturated carbocycles. The summed E-state index contributed by atoms with van der Waals surface area (Å²) in [5, 5.41) is 9.59. The minimum Gasteiger partial charge on any atom is -0.392 e. The number of aliphatic hydroxyl groups excluding tert-OH is 1. The van der Waals surface area contributed by atoms with Gasteiger partial charge in [-0.15, -0.1) is 0 Å². The first-order valence-corrected chi connectivity index (χ1v) is 6.16. The molecular weight excluding hydrogens is 190 g/mol. The monoisotopic (exact) mass is 215 g/mol. The van der Waals surface area contributed by atoms with Crippen LogP contribution < -0.4 is 0 Å². The summed E-state index contributed by atoms with van der Waals surface area (Å²) in [6.45, 7) is 5.52. The van der Waals surface area contributed by atoms with E-state index in [0.29, 0.717) is 0 Å². The Balaban J connectivity index is 1.89. The minimum absolute atomic E-state index is 0.177. The van der Waals surface area contributed by atoms with Crippen LogP contribution in [0.2, 0.25) is 0 Å². The molecule has 0 spiro atoms. The molecule has 3 nitrogen and oxygen atoms in total. The van der Waals surface area contributed by atoms with Gasteiger partial charge < -0.3 is 14.7 Å². The van der Waals surface area contributed by atoms with Crippen LogP contribution in [-0.4, -0.2) is 49.5 Å². The lowest BCUT2D eigenvalue weighted by atomic mass is 10.2. The fraction of sp³-hybridized carbons (Fsp3) is 1.00. The third-order valence-electron chi connectivity index (χ3n) is 2.81. The summed E-state index contributed by atoms with van der Waals surface area (Å²) < 4.78 is 5.55. The quantitative estimate of drug-likeness (QED) is 0.592. The molecule has 15 heavy (non-hydrogen) atoms. The summed E-state index contributed by atoms with van der Waals surface area (Å²) in [5.41, 5.74) is 0. The molecule has 0 radical (unpaired) electrons. The Morgan fingerprint density at radius 2 is 2.20 bits per heavy atom. The lowest BCUT2D eigenvalue weighted by Crippen LogP contribution is -2.31. The first-order chi connectivity index (χ1) is 7.22. The second-order valence-corrected chi connectivity index (χ2v) is 4.72. The van der Waals surface area contributed by atoms with Crippen LogP contribution in [0.3, 0.4) is 0 Å². The number of aliphatic hydroxyl groups is 1. The maximum absolute atomic E-state index is 9.59. The highest BCUT2D eigenvalue weighted by Crippen LogP contribution is 2.28. The molecule has 1 unspecified atom stereocenters. The maximum atomic E-state index is 9.59. The van der Waals surface area contributed by atoms with E-state index in [1.165, 1.54) is 12.8 Å². The van der Waals surface area contributed by atoms with Gasteiger partial charge in [-0.25, -0.2) is 0 Å². The van der Waals surface area contributed by atoms with Crippen molar-refractivity contribution in [1.82, 2.24) is 4.90 Å². The molecule has 1 atom stereocenters. The fourth-order valence-electron chi connectivity index (χ4n) is 1.63. The third kappa shape index (κ3) is 6.88. The summed E-state index contributed by atoms with van der Waals surface area (Å²) in [6, 6.07) is 0. The Bertz CT molecular complexity index is 160. The summed E-state index contributed by atoms with van der Waals surface area (Å²) in [7, 11) is 2.04. The van der Waals surface area contributed by atoms with Crippen molar-refractivity contribution in [1.29, 1.82) is 0 Å². The highest BCUT2D eigenvalue weighted by molar-refractivity contribution is 4.72. The van der Waals surface area contributed by atoms with Crippen molar-refractivity contribution in [3.63, 3.8) is 0 Å². The molecule has 1 aliphatic carbocycles. The Morgan fingerprint density at radius 1 is 1.47 bits per heavy atom. The SMILES string of the molecule is CCCC(O)CN(C)CCOCC1CC1. The van der Waals surface area contributed by atoms with Crippen molar-refractivity contribution < 1.29 is 9.84 Å². The molecule has 0 aromatic rings. The highest BCUT2D eigenvalue weighted by atomic mass is 16.5. The van der Waals surface area contributed by atoms with E-state index in [0.717, 1.165) is 45.1 Å². The zero-order chi connectivity index (χ0) is 11.1. The first-order valence-electron chi connectivity index (χ1n) is 6.16. The van der Waals surface area contributed by atoms with E-state index < -0.39 is 0 Å². The molecule has 90 valence electrons. The van der Waals surface area contributed by atoms with Gasteiger partial charge in [-0.2, -0.15) is 0 Å². The minimum atomic E-state index is -0.177. The van der Waals surface area contributed by atoms with Crippen LogP contribution >= 0.6 is 0 Å². The maximum Gasteiger partial charge on any atom is 0.0666 e. The number of likely N-dealkylation sites (N-methyl/N-ethyl adjacent to an activating group) is 1. The van der Waals surface area contributed by atoms with Crippen LogP contribution in [0, 0.1) is 5.92 Å². The Labute approximate surface area is 93.4 Å². The molecule has 0 bridgehead atoms. The predicted octanol–water partition coefficient (Wildman–Crippen LogP) is 1.51. The molecule has 0 heterocycles. The fourth-order valence-corrected chi connectivity index (χ4v) is 1.63. The van der Waals surface area contributed by atoms with Gasteiger partial charge in [0, 0.05) is 19.7 Å². The highest BCUT2D eigenvalue weighted by Gasteiger charge is 2.20. The second-order valence-electron chi connectivity index (χ2n) is 4.72. The van der Waals surface area contributed by atoms with E-state index in [4.69, 9.17) is 4.74 Å². The van der Waals surface area contributed by atoms with E-state index in [9.17, 15) is 5.11 Å². The van der Waals surface area contributed by atoms with Gasteiger partial charge >= 0.3 is 0 Å².